The largest absolute Gasteiger partial charge is 0.481 e. The molecule has 12 nitrogen and oxygen atoms in total. The van der Waals surface area contributed by atoms with E-state index in [1.54, 1.807) is 12.1 Å². The van der Waals surface area contributed by atoms with Crippen LogP contribution in [-0.2, 0) is 25.7 Å². The van der Waals surface area contributed by atoms with Gasteiger partial charge in [-0.1, -0.05) is 42.8 Å². The summed E-state index contributed by atoms with van der Waals surface area (Å²) in [5.74, 6) is -0.956. The summed E-state index contributed by atoms with van der Waals surface area (Å²) in [6.45, 7) is 3.88. The standard InChI is InChI=1S/C35H42N4O8/c40-24-25-9-11-26(12-10-25)32-22-31(23-37-17-19-38(20-18-37)29-13-15-30(16-14-29)39(44)45)46-35(47-32)27-5-4-6-28(21-27)36-33(41)7-2-1-3-8-34(42)43/h4-6,9-16,21,31-32,35,40H,1-3,7-8,17-20,22-24H2,(H,36,41)(H,42,43)/t31-,32+,35+/m0/s1. The molecule has 3 N–H and O–H groups in total. The van der Waals surface area contributed by atoms with Gasteiger partial charge in [-0.05, 0) is 48.2 Å². The Hall–Kier alpha value is -4.36. The maximum absolute atomic E-state index is 12.6. The predicted molar refractivity (Wildman–Crippen MR) is 176 cm³/mol. The van der Waals surface area contributed by atoms with Gasteiger partial charge >= 0.3 is 5.97 Å². The molecular formula is C35H42N4O8. The first kappa shape index (κ1) is 34.0. The average molecular weight is 647 g/mol. The molecule has 2 fully saturated rings. The van der Waals surface area contributed by atoms with Gasteiger partial charge in [0.05, 0.1) is 23.7 Å². The summed E-state index contributed by atoms with van der Waals surface area (Å²) in [6, 6.07) is 21.9. The SMILES string of the molecule is O=C(O)CCCCCC(=O)Nc1cccc([C@@H]2O[C@H](CN3CCN(c4ccc([N+](=O)[O-])cc4)CC3)C[C@H](c3ccc(CO)cc3)O2)c1. The van der Waals surface area contributed by atoms with Gasteiger partial charge in [0.15, 0.2) is 6.29 Å². The molecule has 0 aromatic heterocycles. The molecule has 0 saturated carbocycles. The van der Waals surface area contributed by atoms with Crippen LogP contribution in [0.4, 0.5) is 17.1 Å². The topological polar surface area (TPSA) is 155 Å². The number of anilines is 2. The average Bonchev–Trinajstić information content (AvgIpc) is 3.08. The number of unbranched alkanes of at least 4 members (excludes halogenated alkanes) is 2. The third-order valence-electron chi connectivity index (χ3n) is 8.61. The molecule has 0 unspecified atom stereocenters. The number of hydrogen-bond acceptors (Lipinski definition) is 9. The second kappa shape index (κ2) is 16.5. The smallest absolute Gasteiger partial charge is 0.303 e. The second-order valence-corrected chi connectivity index (χ2v) is 12.0. The van der Waals surface area contributed by atoms with Gasteiger partial charge in [-0.25, -0.2) is 0 Å². The molecule has 3 aromatic carbocycles. The highest BCUT2D eigenvalue weighted by atomic mass is 16.7. The fraction of sp³-hybridized carbons (Fsp3) is 0.429. The number of nitro benzene ring substituents is 1. The highest BCUT2D eigenvalue weighted by molar-refractivity contribution is 5.90. The van der Waals surface area contributed by atoms with Gasteiger partial charge in [0, 0.05) is 81.1 Å². The van der Waals surface area contributed by atoms with E-state index in [2.05, 4.69) is 15.1 Å². The van der Waals surface area contributed by atoms with Crippen LogP contribution in [0.15, 0.2) is 72.8 Å². The number of aliphatic hydroxyl groups excluding tert-OH is 1. The number of carboxylic acids is 1. The number of carboxylic acid groups (broad SMARTS) is 1. The van der Waals surface area contributed by atoms with Crippen molar-refractivity contribution < 1.29 is 34.2 Å². The minimum Gasteiger partial charge on any atom is -0.481 e. The van der Waals surface area contributed by atoms with Crippen LogP contribution < -0.4 is 10.2 Å². The van der Waals surface area contributed by atoms with Crippen LogP contribution in [0.5, 0.6) is 0 Å². The number of non-ortho nitro benzene ring substituents is 1. The molecule has 0 radical (unpaired) electrons. The molecule has 12 heteroatoms. The Balaban J connectivity index is 1.22. The second-order valence-electron chi connectivity index (χ2n) is 12.0. The number of benzene rings is 3. The van der Waals surface area contributed by atoms with Crippen molar-refractivity contribution in [2.24, 2.45) is 0 Å². The summed E-state index contributed by atoms with van der Waals surface area (Å²) in [4.78, 5) is 38.5. The van der Waals surface area contributed by atoms with Crippen molar-refractivity contribution in [1.29, 1.82) is 0 Å². The Bertz CT molecular complexity index is 1490. The minimum absolute atomic E-state index is 0.0349. The number of rotatable bonds is 14. The molecule has 2 aliphatic heterocycles. The van der Waals surface area contributed by atoms with Crippen LogP contribution in [-0.4, -0.2) is 70.7 Å². The lowest BCUT2D eigenvalue weighted by Crippen LogP contribution is -2.49. The van der Waals surface area contributed by atoms with Crippen LogP contribution in [0.1, 0.15) is 67.6 Å². The highest BCUT2D eigenvalue weighted by Crippen LogP contribution is 2.39. The van der Waals surface area contributed by atoms with E-state index in [0.29, 0.717) is 44.3 Å². The summed E-state index contributed by atoms with van der Waals surface area (Å²) < 4.78 is 13.1. The Morgan fingerprint density at radius 1 is 0.894 bits per heavy atom. The van der Waals surface area contributed by atoms with Gasteiger partial charge < -0.3 is 29.9 Å². The maximum atomic E-state index is 12.6. The number of carbonyl (C=O) groups excluding carboxylic acids is 1. The molecule has 2 heterocycles. The molecule has 250 valence electrons. The molecule has 3 aromatic rings. The van der Waals surface area contributed by atoms with Gasteiger partial charge in [-0.15, -0.1) is 0 Å². The minimum atomic E-state index is -0.827. The van der Waals surface area contributed by atoms with Crippen molar-refractivity contribution in [3.8, 4) is 0 Å². The number of nitro groups is 1. The van der Waals surface area contributed by atoms with E-state index in [1.807, 2.05) is 48.5 Å². The van der Waals surface area contributed by atoms with E-state index < -0.39 is 12.3 Å². The van der Waals surface area contributed by atoms with Crippen molar-refractivity contribution in [2.45, 2.75) is 63.6 Å². The number of piperazine rings is 1. The van der Waals surface area contributed by atoms with Crippen LogP contribution in [0.3, 0.4) is 0 Å². The molecule has 47 heavy (non-hydrogen) atoms. The van der Waals surface area contributed by atoms with Gasteiger partial charge in [0.2, 0.25) is 5.91 Å². The summed E-state index contributed by atoms with van der Waals surface area (Å²) in [5.41, 5.74) is 4.29. The van der Waals surface area contributed by atoms with Crippen LogP contribution >= 0.6 is 0 Å². The van der Waals surface area contributed by atoms with Crippen molar-refractivity contribution in [3.05, 3.63) is 99.6 Å². The fourth-order valence-corrected chi connectivity index (χ4v) is 6.02. The number of nitrogens with one attached hydrogen (secondary N) is 1. The maximum Gasteiger partial charge on any atom is 0.303 e. The molecular weight excluding hydrogens is 604 g/mol. The fourth-order valence-electron chi connectivity index (χ4n) is 6.02. The zero-order valence-corrected chi connectivity index (χ0v) is 26.3. The highest BCUT2D eigenvalue weighted by Gasteiger charge is 2.34. The third kappa shape index (κ3) is 9.82. The van der Waals surface area contributed by atoms with Crippen LogP contribution in [0, 0.1) is 10.1 Å². The molecule has 0 spiro atoms. The lowest BCUT2D eigenvalue weighted by Gasteiger charge is -2.41. The van der Waals surface area contributed by atoms with Gasteiger partial charge in [0.25, 0.3) is 5.69 Å². The summed E-state index contributed by atoms with van der Waals surface area (Å²) in [6.07, 6.45) is 1.88. The zero-order valence-electron chi connectivity index (χ0n) is 26.3. The Morgan fingerprint density at radius 2 is 1.62 bits per heavy atom. The van der Waals surface area contributed by atoms with Gasteiger partial charge in [0.1, 0.15) is 0 Å². The normalized spacial score (nSPS) is 20.1. The number of hydrogen-bond donors (Lipinski definition) is 3. The van der Waals surface area contributed by atoms with E-state index in [9.17, 15) is 24.8 Å². The summed E-state index contributed by atoms with van der Waals surface area (Å²) in [5, 5.41) is 32.3. The molecule has 3 atom stereocenters. The number of aliphatic hydroxyl groups is 1. The molecule has 0 bridgehead atoms. The van der Waals surface area contributed by atoms with E-state index >= 15 is 0 Å². The zero-order chi connectivity index (χ0) is 33.2. The van der Waals surface area contributed by atoms with Gasteiger partial charge in [-0.3, -0.25) is 24.6 Å². The monoisotopic (exact) mass is 646 g/mol. The molecule has 0 aliphatic carbocycles. The third-order valence-corrected chi connectivity index (χ3v) is 8.61. The first-order valence-corrected chi connectivity index (χ1v) is 16.1. The Morgan fingerprint density at radius 3 is 2.30 bits per heavy atom. The first-order valence-electron chi connectivity index (χ1n) is 16.1. The first-order chi connectivity index (χ1) is 22.8. The Kier molecular flexibility index (Phi) is 11.9. The van der Waals surface area contributed by atoms with Crippen molar-refractivity contribution in [1.82, 2.24) is 4.90 Å². The van der Waals surface area contributed by atoms with Crippen LogP contribution in [0.25, 0.3) is 0 Å². The Labute approximate surface area is 274 Å². The molecule has 1 amide bonds. The van der Waals surface area contributed by atoms with Gasteiger partial charge in [-0.2, -0.15) is 0 Å². The number of aliphatic carboxylic acids is 1. The van der Waals surface area contributed by atoms with E-state index in [1.165, 1.54) is 12.1 Å². The van der Waals surface area contributed by atoms with Crippen molar-refractivity contribution >= 4 is 28.9 Å². The van der Waals surface area contributed by atoms with Crippen molar-refractivity contribution in [2.75, 3.05) is 42.9 Å². The lowest BCUT2D eigenvalue weighted by atomic mass is 9.99. The quantitative estimate of drug-likeness (QED) is 0.117. The lowest BCUT2D eigenvalue weighted by molar-refractivity contribution is -0.384. The molecule has 5 rings (SSSR count). The number of amides is 1. The molecule has 2 aliphatic rings. The predicted octanol–water partition coefficient (Wildman–Crippen LogP) is 5.43. The molecule has 2 saturated heterocycles. The van der Waals surface area contributed by atoms with E-state index in [0.717, 1.165) is 48.6 Å². The summed E-state index contributed by atoms with van der Waals surface area (Å²) >= 11 is 0. The van der Waals surface area contributed by atoms with Crippen LogP contribution in [0.2, 0.25) is 0 Å². The number of carbonyl (C=O) groups is 2. The van der Waals surface area contributed by atoms with E-state index in [4.69, 9.17) is 14.6 Å². The number of nitrogens with zero attached hydrogens (tertiary/aromatic N) is 3. The van der Waals surface area contributed by atoms with Crippen molar-refractivity contribution in [3.63, 3.8) is 0 Å². The number of ether oxygens (including phenoxy) is 2. The summed E-state index contributed by atoms with van der Waals surface area (Å²) in [7, 11) is 0. The van der Waals surface area contributed by atoms with E-state index in [-0.39, 0.29) is 41.8 Å².